The van der Waals surface area contributed by atoms with Crippen LogP contribution in [0.1, 0.15) is 33.1 Å². The highest BCUT2D eigenvalue weighted by Gasteiger charge is 2.41. The minimum Gasteiger partial charge on any atom is -0.392 e. The van der Waals surface area contributed by atoms with Gasteiger partial charge in [0.05, 0.1) is 16.1 Å². The van der Waals surface area contributed by atoms with Gasteiger partial charge in [0.2, 0.25) is 5.82 Å². The number of hydrogen-bond acceptors (Lipinski definition) is 4. The van der Waals surface area contributed by atoms with Gasteiger partial charge in [-0.1, -0.05) is 35.3 Å². The minimum absolute atomic E-state index is 0.197. The van der Waals surface area contributed by atoms with Crippen molar-refractivity contribution in [3.05, 3.63) is 41.2 Å². The highest BCUT2D eigenvalue weighted by atomic mass is 33.2. The molecule has 0 amide bonds. The Morgan fingerprint density at radius 3 is 2.12 bits per heavy atom. The molecule has 0 saturated heterocycles. The van der Waals surface area contributed by atoms with Crippen LogP contribution in [0.4, 0.5) is 22.0 Å². The highest BCUT2D eigenvalue weighted by Crippen LogP contribution is 2.63. The van der Waals surface area contributed by atoms with Gasteiger partial charge in [0.1, 0.15) is 0 Å². The van der Waals surface area contributed by atoms with Crippen molar-refractivity contribution in [1.82, 2.24) is 0 Å². The van der Waals surface area contributed by atoms with E-state index < -0.39 is 49.9 Å². The third kappa shape index (κ3) is 4.49. The molecular weight excluding hydrogens is 430 g/mol. The average molecular weight is 448 g/mol. The van der Waals surface area contributed by atoms with Gasteiger partial charge in [-0.3, -0.25) is 0 Å². The summed E-state index contributed by atoms with van der Waals surface area (Å²) >= 11 is 6.96. The zero-order valence-corrected chi connectivity index (χ0v) is 17.5. The van der Waals surface area contributed by atoms with Gasteiger partial charge in [0, 0.05) is 4.75 Å². The third-order valence-corrected chi connectivity index (χ3v) is 12.4. The lowest BCUT2D eigenvalue weighted by molar-refractivity contribution is 0.0804. The Kier molecular flexibility index (Phi) is 7.27. The van der Waals surface area contributed by atoms with Crippen LogP contribution in [0.15, 0.2) is 17.0 Å². The van der Waals surface area contributed by atoms with Crippen molar-refractivity contribution in [3.63, 3.8) is 0 Å². The molecule has 1 aromatic carbocycles. The summed E-state index contributed by atoms with van der Waals surface area (Å²) in [4.78, 5) is -0.952. The maximum atomic E-state index is 13.8. The van der Waals surface area contributed by atoms with Crippen LogP contribution in [0, 0.1) is 35.0 Å². The molecule has 0 spiro atoms. The first kappa shape index (κ1) is 22.2. The molecule has 1 saturated carbocycles. The molecule has 2 rings (SSSR count). The Balaban J connectivity index is 2.16. The molecule has 1 nitrogen and oxygen atoms in total. The monoisotopic (exact) mass is 448 g/mol. The van der Waals surface area contributed by atoms with Crippen LogP contribution in [-0.4, -0.2) is 16.0 Å². The van der Waals surface area contributed by atoms with Crippen molar-refractivity contribution < 1.29 is 27.1 Å². The molecule has 10 heteroatoms. The second kappa shape index (κ2) is 8.52. The van der Waals surface area contributed by atoms with E-state index in [1.165, 1.54) is 11.4 Å². The summed E-state index contributed by atoms with van der Waals surface area (Å²) in [5.74, 6) is -9.67. The van der Waals surface area contributed by atoms with E-state index in [1.807, 2.05) is 13.8 Å². The summed E-state index contributed by atoms with van der Waals surface area (Å²) < 4.78 is 66.8. The fourth-order valence-corrected chi connectivity index (χ4v) is 12.5. The Morgan fingerprint density at radius 2 is 1.65 bits per heavy atom. The van der Waals surface area contributed by atoms with E-state index in [1.54, 1.807) is 0 Å². The average Bonchev–Trinajstić information content (AvgIpc) is 2.57. The van der Waals surface area contributed by atoms with Crippen molar-refractivity contribution in [3.8, 4) is 0 Å². The molecule has 1 unspecified atom stereocenters. The van der Waals surface area contributed by atoms with E-state index in [2.05, 4.69) is 6.58 Å². The second-order valence-corrected chi connectivity index (χ2v) is 16.0. The summed E-state index contributed by atoms with van der Waals surface area (Å²) in [5.41, 5.74) is 0.982. The summed E-state index contributed by atoms with van der Waals surface area (Å²) in [5, 5.41) is 8.42. The number of aliphatic hydroxyl groups excluding tert-OH is 1. The molecule has 146 valence electrons. The van der Waals surface area contributed by atoms with Crippen LogP contribution < -0.4 is 0 Å². The lowest BCUT2D eigenvalue weighted by atomic mass is 9.77. The summed E-state index contributed by atoms with van der Waals surface area (Å²) in [6.07, 6.45) is 1.24. The highest BCUT2D eigenvalue weighted by molar-refractivity contribution is 8.94. The van der Waals surface area contributed by atoms with Crippen LogP contribution >= 0.6 is 27.9 Å². The molecule has 0 aliphatic heterocycles. The normalized spacial score (nSPS) is 27.4. The molecule has 1 aromatic rings. The van der Waals surface area contributed by atoms with E-state index in [9.17, 15) is 27.1 Å². The first-order valence-corrected chi connectivity index (χ1v) is 13.4. The molecule has 0 radical (unpaired) electrons. The summed E-state index contributed by atoms with van der Waals surface area (Å²) in [6.45, 7) is 7.61. The van der Waals surface area contributed by atoms with Crippen molar-refractivity contribution >= 4 is 39.7 Å². The Bertz CT molecular complexity index is 731. The van der Waals surface area contributed by atoms with Gasteiger partial charge in [0.25, 0.3) is 0 Å². The van der Waals surface area contributed by atoms with Crippen molar-refractivity contribution in [1.29, 1.82) is 0 Å². The van der Waals surface area contributed by atoms with Gasteiger partial charge in [-0.15, -0.1) is 11.4 Å². The third-order valence-electron chi connectivity index (χ3n) is 4.57. The fourth-order valence-electron chi connectivity index (χ4n) is 2.80. The van der Waals surface area contributed by atoms with Crippen LogP contribution in [0.25, 0.3) is 0 Å². The van der Waals surface area contributed by atoms with Crippen molar-refractivity contribution in [2.24, 2.45) is 5.92 Å². The Hall–Kier alpha value is -0.0800. The fraction of sp³-hybridized carbons (Fsp3) is 0.500. The Morgan fingerprint density at radius 1 is 1.15 bits per heavy atom. The quantitative estimate of drug-likeness (QED) is 0.190. The van der Waals surface area contributed by atoms with Gasteiger partial charge < -0.3 is 5.11 Å². The maximum Gasteiger partial charge on any atom is 0.200 e. The summed E-state index contributed by atoms with van der Waals surface area (Å²) in [6, 6.07) is 0. The molecule has 26 heavy (non-hydrogen) atoms. The number of aliphatic hydroxyl groups is 1. The molecule has 1 aliphatic carbocycles. The largest absolute Gasteiger partial charge is 0.392 e. The van der Waals surface area contributed by atoms with Crippen LogP contribution in [-0.2, 0) is 11.8 Å². The van der Waals surface area contributed by atoms with E-state index in [-0.39, 0.29) is 5.92 Å². The molecule has 0 bridgehead atoms. The molecular formula is C16H18F5OPS3. The van der Waals surface area contributed by atoms with Gasteiger partial charge in [-0.25, -0.2) is 22.0 Å². The first-order valence-electron chi connectivity index (χ1n) is 7.73. The molecule has 0 aromatic heterocycles. The van der Waals surface area contributed by atoms with E-state index >= 15 is 0 Å². The SMILES string of the molecule is C=C(C)[C@@H]1CC[C@](C)(S[PH](=S)Sc2c(F)c(F)c(F)c(F)c2F)[C@@H](O)C1. The van der Waals surface area contributed by atoms with E-state index in [0.717, 1.165) is 12.0 Å². The zero-order valence-electron chi connectivity index (χ0n) is 14.0. The number of allylic oxidation sites excluding steroid dienone is 1. The molecule has 1 aliphatic rings. The second-order valence-electron chi connectivity index (χ2n) is 6.50. The predicted molar refractivity (Wildman–Crippen MR) is 102 cm³/mol. The van der Waals surface area contributed by atoms with Crippen LogP contribution in [0.5, 0.6) is 0 Å². The number of rotatable bonds is 5. The minimum atomic E-state index is -2.18. The molecule has 1 fully saturated rings. The van der Waals surface area contributed by atoms with Crippen LogP contribution in [0.2, 0.25) is 0 Å². The smallest absolute Gasteiger partial charge is 0.200 e. The van der Waals surface area contributed by atoms with Gasteiger partial charge in [-0.05, 0) is 39.0 Å². The van der Waals surface area contributed by atoms with Crippen LogP contribution in [0.3, 0.4) is 0 Å². The lowest BCUT2D eigenvalue weighted by Gasteiger charge is -2.41. The molecule has 4 atom stereocenters. The van der Waals surface area contributed by atoms with Crippen molar-refractivity contribution in [2.75, 3.05) is 0 Å². The Labute approximate surface area is 162 Å². The van der Waals surface area contributed by atoms with Gasteiger partial charge in [-0.2, -0.15) is 0 Å². The molecule has 1 N–H and O–H groups in total. The van der Waals surface area contributed by atoms with Gasteiger partial charge >= 0.3 is 0 Å². The molecule has 0 heterocycles. The van der Waals surface area contributed by atoms with Gasteiger partial charge in [0.15, 0.2) is 23.3 Å². The maximum absolute atomic E-state index is 13.8. The predicted octanol–water partition coefficient (Wildman–Crippen LogP) is 6.21. The number of hydrogen-bond donors (Lipinski definition) is 1. The topological polar surface area (TPSA) is 20.2 Å². The summed E-state index contributed by atoms with van der Waals surface area (Å²) in [7, 11) is 0. The standard InChI is InChI=1S/C16H18F5OPS3/c1-7(2)8-4-5-16(3,9(22)6-8)26-23(24)25-15-13(20)11(18)10(17)12(19)14(15)21/h8-9,22-23H,1,4-6H2,2-3H3/t8-,9+,16+/m1/s1. The lowest BCUT2D eigenvalue weighted by Crippen LogP contribution is -2.41. The van der Waals surface area contributed by atoms with Crippen molar-refractivity contribution in [2.45, 2.75) is 48.9 Å². The van der Waals surface area contributed by atoms with E-state index in [0.29, 0.717) is 24.2 Å². The number of halogens is 5. The van der Waals surface area contributed by atoms with E-state index in [4.69, 9.17) is 11.8 Å². The first-order chi connectivity index (χ1) is 12.0. The number of benzene rings is 1. The zero-order chi connectivity index (χ0) is 19.8.